The minimum atomic E-state index is 0.00159. The number of benzene rings is 1. The Morgan fingerprint density at radius 1 is 1.33 bits per heavy atom. The molecule has 0 aromatic heterocycles. The van der Waals surface area contributed by atoms with Crippen LogP contribution in [0.3, 0.4) is 0 Å². The maximum absolute atomic E-state index is 11.9. The van der Waals surface area contributed by atoms with Crippen LogP contribution < -0.4 is 15.4 Å². The van der Waals surface area contributed by atoms with Gasteiger partial charge in [-0.1, -0.05) is 17.7 Å². The Bertz CT molecular complexity index is 441. The number of aryl methyl sites for hydroxylation is 1. The Labute approximate surface area is 126 Å². The number of nitrogens with one attached hydrogen (secondary N) is 2. The van der Waals surface area contributed by atoms with E-state index in [9.17, 15) is 4.79 Å². The van der Waals surface area contributed by atoms with Gasteiger partial charge in [0.05, 0.1) is 12.6 Å². The molecule has 1 saturated heterocycles. The summed E-state index contributed by atoms with van der Waals surface area (Å²) in [5.74, 6) is 0.903. The largest absolute Gasteiger partial charge is 0.491 e. The Hall–Kier alpha value is -1.59. The molecule has 5 nitrogen and oxygen atoms in total. The van der Waals surface area contributed by atoms with E-state index in [4.69, 9.17) is 4.74 Å². The predicted octanol–water partition coefficient (Wildman–Crippen LogP) is 0.784. The average Bonchev–Trinajstić information content (AvgIpc) is 2.47. The molecule has 1 amide bonds. The molecule has 0 aliphatic carbocycles. The zero-order chi connectivity index (χ0) is 15.1. The van der Waals surface area contributed by atoms with Gasteiger partial charge >= 0.3 is 0 Å². The molecule has 2 rings (SSSR count). The number of piperazine rings is 1. The topological polar surface area (TPSA) is 53.6 Å². The van der Waals surface area contributed by atoms with Crippen LogP contribution in [0, 0.1) is 6.92 Å². The number of nitrogens with zero attached hydrogens (tertiary/aromatic N) is 1. The van der Waals surface area contributed by atoms with Crippen LogP contribution >= 0.6 is 0 Å². The summed E-state index contributed by atoms with van der Waals surface area (Å²) in [7, 11) is 0. The standard InChI is InChI=1S/C16H25N3O2/c1-13-3-5-15(6-4-13)21-12-14(2)18-16(20)11-19-9-7-17-8-10-19/h3-6,14,17H,7-12H2,1-2H3,(H,18,20). The van der Waals surface area contributed by atoms with Crippen molar-refractivity contribution < 1.29 is 9.53 Å². The molecule has 0 spiro atoms. The first-order chi connectivity index (χ1) is 10.1. The number of hydrogen-bond donors (Lipinski definition) is 2. The molecule has 0 saturated carbocycles. The number of hydrogen-bond acceptors (Lipinski definition) is 4. The van der Waals surface area contributed by atoms with Crippen molar-refractivity contribution in [3.05, 3.63) is 29.8 Å². The number of amides is 1. The van der Waals surface area contributed by atoms with Gasteiger partial charge in [-0.2, -0.15) is 0 Å². The third-order valence-corrected chi connectivity index (χ3v) is 3.51. The molecular formula is C16H25N3O2. The monoisotopic (exact) mass is 291 g/mol. The van der Waals surface area contributed by atoms with Gasteiger partial charge in [0.25, 0.3) is 0 Å². The highest BCUT2D eigenvalue weighted by Crippen LogP contribution is 2.11. The normalized spacial score (nSPS) is 17.2. The first-order valence-electron chi connectivity index (χ1n) is 7.55. The number of carbonyl (C=O) groups is 1. The molecule has 21 heavy (non-hydrogen) atoms. The fourth-order valence-corrected chi connectivity index (χ4v) is 2.29. The van der Waals surface area contributed by atoms with E-state index in [0.29, 0.717) is 13.2 Å². The zero-order valence-electron chi connectivity index (χ0n) is 12.9. The third-order valence-electron chi connectivity index (χ3n) is 3.51. The lowest BCUT2D eigenvalue weighted by Gasteiger charge is -2.27. The first kappa shape index (κ1) is 15.8. The fourth-order valence-electron chi connectivity index (χ4n) is 2.29. The summed E-state index contributed by atoms with van der Waals surface area (Å²) in [6.07, 6.45) is 0. The summed E-state index contributed by atoms with van der Waals surface area (Å²) >= 11 is 0. The Morgan fingerprint density at radius 2 is 2.00 bits per heavy atom. The minimum Gasteiger partial charge on any atom is -0.491 e. The zero-order valence-corrected chi connectivity index (χ0v) is 12.9. The van der Waals surface area contributed by atoms with Crippen molar-refractivity contribution in [1.82, 2.24) is 15.5 Å². The third kappa shape index (κ3) is 5.73. The lowest BCUT2D eigenvalue weighted by atomic mass is 10.2. The van der Waals surface area contributed by atoms with Crippen LogP contribution in [0.4, 0.5) is 0 Å². The molecule has 2 N–H and O–H groups in total. The molecule has 1 atom stereocenters. The quantitative estimate of drug-likeness (QED) is 0.813. The highest BCUT2D eigenvalue weighted by molar-refractivity contribution is 5.78. The highest BCUT2D eigenvalue weighted by Gasteiger charge is 2.15. The van der Waals surface area contributed by atoms with Gasteiger partial charge in [-0.15, -0.1) is 0 Å². The summed E-state index contributed by atoms with van der Waals surface area (Å²) in [5, 5.41) is 6.26. The van der Waals surface area contributed by atoms with Crippen molar-refractivity contribution in [3.63, 3.8) is 0 Å². The Balaban J connectivity index is 1.67. The number of rotatable bonds is 6. The summed E-state index contributed by atoms with van der Waals surface area (Å²) in [6.45, 7) is 8.74. The molecule has 1 unspecified atom stereocenters. The smallest absolute Gasteiger partial charge is 0.234 e. The molecule has 5 heteroatoms. The van der Waals surface area contributed by atoms with E-state index in [1.165, 1.54) is 5.56 Å². The molecule has 116 valence electrons. The maximum atomic E-state index is 11.9. The Morgan fingerprint density at radius 3 is 2.67 bits per heavy atom. The summed E-state index contributed by atoms with van der Waals surface area (Å²) < 4.78 is 5.68. The van der Waals surface area contributed by atoms with Crippen LogP contribution in [-0.4, -0.2) is 56.2 Å². The molecular weight excluding hydrogens is 266 g/mol. The maximum Gasteiger partial charge on any atom is 0.234 e. The van der Waals surface area contributed by atoms with E-state index in [0.717, 1.165) is 31.9 Å². The molecule has 1 aliphatic heterocycles. The summed E-state index contributed by atoms with van der Waals surface area (Å²) in [4.78, 5) is 14.1. The van der Waals surface area contributed by atoms with Crippen LogP contribution in [0.25, 0.3) is 0 Å². The van der Waals surface area contributed by atoms with Crippen LogP contribution in [0.5, 0.6) is 5.75 Å². The van der Waals surface area contributed by atoms with E-state index in [2.05, 4.69) is 15.5 Å². The number of carbonyl (C=O) groups excluding carboxylic acids is 1. The lowest BCUT2D eigenvalue weighted by Crippen LogP contribution is -2.49. The van der Waals surface area contributed by atoms with E-state index in [-0.39, 0.29) is 11.9 Å². The summed E-state index contributed by atoms with van der Waals surface area (Å²) in [6, 6.07) is 7.93. The van der Waals surface area contributed by atoms with Gasteiger partial charge in [0.1, 0.15) is 12.4 Å². The second-order valence-electron chi connectivity index (χ2n) is 5.62. The van der Waals surface area contributed by atoms with Crippen molar-refractivity contribution in [3.8, 4) is 5.75 Å². The van der Waals surface area contributed by atoms with Crippen LogP contribution in [0.15, 0.2) is 24.3 Å². The fraction of sp³-hybridized carbons (Fsp3) is 0.562. The molecule has 1 fully saturated rings. The van der Waals surface area contributed by atoms with E-state index >= 15 is 0 Å². The predicted molar refractivity (Wildman–Crippen MR) is 83.6 cm³/mol. The molecule has 1 heterocycles. The first-order valence-corrected chi connectivity index (χ1v) is 7.55. The van der Waals surface area contributed by atoms with Gasteiger partial charge in [0.15, 0.2) is 0 Å². The van der Waals surface area contributed by atoms with Gasteiger partial charge in [0.2, 0.25) is 5.91 Å². The molecule has 1 aromatic carbocycles. The van der Waals surface area contributed by atoms with Crippen LogP contribution in [0.1, 0.15) is 12.5 Å². The van der Waals surface area contributed by atoms with E-state index in [1.54, 1.807) is 0 Å². The average molecular weight is 291 g/mol. The van der Waals surface area contributed by atoms with Crippen molar-refractivity contribution in [2.24, 2.45) is 0 Å². The molecule has 0 bridgehead atoms. The molecule has 1 aliphatic rings. The lowest BCUT2D eigenvalue weighted by molar-refractivity contribution is -0.123. The van der Waals surface area contributed by atoms with Gasteiger partial charge < -0.3 is 15.4 Å². The van der Waals surface area contributed by atoms with Crippen molar-refractivity contribution in [2.75, 3.05) is 39.3 Å². The van der Waals surface area contributed by atoms with Gasteiger partial charge in [-0.25, -0.2) is 0 Å². The van der Waals surface area contributed by atoms with Crippen molar-refractivity contribution in [1.29, 1.82) is 0 Å². The van der Waals surface area contributed by atoms with Gasteiger partial charge in [-0.05, 0) is 26.0 Å². The molecule has 1 aromatic rings. The van der Waals surface area contributed by atoms with Crippen molar-refractivity contribution in [2.45, 2.75) is 19.9 Å². The summed E-state index contributed by atoms with van der Waals surface area (Å²) in [5.41, 5.74) is 1.21. The highest BCUT2D eigenvalue weighted by atomic mass is 16.5. The second-order valence-corrected chi connectivity index (χ2v) is 5.62. The van der Waals surface area contributed by atoms with E-state index in [1.807, 2.05) is 38.1 Å². The van der Waals surface area contributed by atoms with E-state index < -0.39 is 0 Å². The second kappa shape index (κ2) is 8.00. The SMILES string of the molecule is Cc1ccc(OCC(C)NC(=O)CN2CCNCC2)cc1. The Kier molecular flexibility index (Phi) is 6.02. The number of ether oxygens (including phenoxy) is 1. The van der Waals surface area contributed by atoms with Gasteiger partial charge in [0, 0.05) is 26.2 Å². The molecule has 0 radical (unpaired) electrons. The van der Waals surface area contributed by atoms with Crippen LogP contribution in [0.2, 0.25) is 0 Å². The minimum absolute atomic E-state index is 0.00159. The van der Waals surface area contributed by atoms with Crippen LogP contribution in [-0.2, 0) is 4.79 Å². The van der Waals surface area contributed by atoms with Crippen molar-refractivity contribution >= 4 is 5.91 Å². The van der Waals surface area contributed by atoms with Gasteiger partial charge in [-0.3, -0.25) is 9.69 Å².